The Hall–Kier alpha value is -2.95. The van der Waals surface area contributed by atoms with Crippen molar-refractivity contribution in [2.75, 3.05) is 11.9 Å². The maximum atomic E-state index is 4.86. The number of hydrogen-bond donors (Lipinski definition) is 1. The van der Waals surface area contributed by atoms with Gasteiger partial charge in [-0.1, -0.05) is 12.1 Å². The lowest BCUT2D eigenvalue weighted by molar-refractivity contribution is 0.461. The number of rotatable bonds is 7. The fraction of sp³-hybridized carbons (Fsp3) is 0.423. The van der Waals surface area contributed by atoms with Gasteiger partial charge in [-0.25, -0.2) is 15.0 Å². The number of nitrogens with zero attached hydrogens (tertiary/aromatic N) is 4. The van der Waals surface area contributed by atoms with Gasteiger partial charge in [0.25, 0.3) is 0 Å². The molecule has 3 aromatic heterocycles. The van der Waals surface area contributed by atoms with E-state index >= 15 is 0 Å². The zero-order valence-electron chi connectivity index (χ0n) is 17.9. The molecule has 2 aliphatic rings. The molecule has 1 N–H and O–H groups in total. The van der Waals surface area contributed by atoms with Crippen molar-refractivity contribution in [1.82, 2.24) is 19.5 Å². The van der Waals surface area contributed by atoms with Gasteiger partial charge in [0.2, 0.25) is 0 Å². The third-order valence-corrected chi connectivity index (χ3v) is 7.15. The number of benzene rings is 1. The molecule has 2 saturated carbocycles. The zero-order chi connectivity index (χ0) is 20.6. The normalized spacial score (nSPS) is 21.2. The zero-order valence-corrected chi connectivity index (χ0v) is 17.9. The fourth-order valence-corrected chi connectivity index (χ4v) is 5.11. The van der Waals surface area contributed by atoms with Gasteiger partial charge in [0.1, 0.15) is 17.8 Å². The summed E-state index contributed by atoms with van der Waals surface area (Å²) in [6.07, 6.45) is 14.6. The fourth-order valence-electron chi connectivity index (χ4n) is 5.11. The molecule has 1 aromatic carbocycles. The largest absolute Gasteiger partial charge is 0.370 e. The quantitative estimate of drug-likeness (QED) is 0.419. The van der Waals surface area contributed by atoms with Crippen molar-refractivity contribution < 1.29 is 0 Å². The van der Waals surface area contributed by atoms with Gasteiger partial charge in [-0.05, 0) is 86.6 Å². The molecule has 158 valence electrons. The average Bonchev–Trinajstić information content (AvgIpc) is 3.35. The third-order valence-electron chi connectivity index (χ3n) is 7.15. The summed E-state index contributed by atoms with van der Waals surface area (Å²) in [6, 6.07) is 13.8. The van der Waals surface area contributed by atoms with E-state index in [2.05, 4.69) is 62.4 Å². The highest BCUT2D eigenvalue weighted by Gasteiger charge is 2.26. The van der Waals surface area contributed by atoms with Crippen LogP contribution in [0.15, 0.2) is 55.1 Å². The minimum Gasteiger partial charge on any atom is -0.370 e. The van der Waals surface area contributed by atoms with E-state index in [9.17, 15) is 0 Å². The lowest BCUT2D eigenvalue weighted by Gasteiger charge is -2.14. The maximum absolute atomic E-state index is 4.86. The lowest BCUT2D eigenvalue weighted by Crippen LogP contribution is -2.06. The van der Waals surface area contributed by atoms with E-state index in [0.717, 1.165) is 47.2 Å². The number of aryl methyl sites for hydroxylation is 1. The summed E-state index contributed by atoms with van der Waals surface area (Å²) in [7, 11) is 0. The smallest absolute Gasteiger partial charge is 0.143 e. The van der Waals surface area contributed by atoms with E-state index in [4.69, 9.17) is 4.98 Å². The average molecular weight is 412 g/mol. The second-order valence-corrected chi connectivity index (χ2v) is 9.44. The molecule has 0 radical (unpaired) electrons. The van der Waals surface area contributed by atoms with Crippen LogP contribution in [0.5, 0.6) is 0 Å². The molecular formula is C26H29N5. The van der Waals surface area contributed by atoms with Crippen molar-refractivity contribution in [1.29, 1.82) is 0 Å². The molecule has 0 amide bonds. The molecule has 5 nitrogen and oxygen atoms in total. The Balaban J connectivity index is 1.10. The first-order valence-electron chi connectivity index (χ1n) is 11.7. The minimum absolute atomic E-state index is 0.566. The molecule has 2 unspecified atom stereocenters. The monoisotopic (exact) mass is 411 g/mol. The third kappa shape index (κ3) is 4.01. The van der Waals surface area contributed by atoms with Crippen LogP contribution in [-0.2, 0) is 6.42 Å². The summed E-state index contributed by atoms with van der Waals surface area (Å²) in [5.74, 6) is 2.65. The molecule has 2 atom stereocenters. The standard InChI is InChI=1S/C26H29N5/c1(18-6-9-23(13-18)31-12-11-22-16-27-17-29-26(22)31)2-19-5-7-21-8-10-25(30-24(21)14-19)28-15-20-3-4-20/h5,7-8,10-12,14,16-18,20,23H,1-4,6,9,13,15H2,(H,28,30). The van der Waals surface area contributed by atoms with E-state index in [0.29, 0.717) is 6.04 Å². The summed E-state index contributed by atoms with van der Waals surface area (Å²) in [5.41, 5.74) is 3.59. The van der Waals surface area contributed by atoms with Crippen LogP contribution in [0.2, 0.25) is 0 Å². The summed E-state index contributed by atoms with van der Waals surface area (Å²) < 4.78 is 2.37. The maximum Gasteiger partial charge on any atom is 0.143 e. The number of nitrogens with one attached hydrogen (secondary N) is 1. The van der Waals surface area contributed by atoms with Crippen LogP contribution in [0.3, 0.4) is 0 Å². The second kappa shape index (κ2) is 7.95. The highest BCUT2D eigenvalue weighted by Crippen LogP contribution is 2.38. The van der Waals surface area contributed by atoms with Gasteiger partial charge in [0, 0.05) is 35.8 Å². The lowest BCUT2D eigenvalue weighted by atomic mass is 9.97. The predicted molar refractivity (Wildman–Crippen MR) is 125 cm³/mol. The molecule has 4 aromatic rings. The number of anilines is 1. The van der Waals surface area contributed by atoms with Gasteiger partial charge < -0.3 is 9.88 Å². The molecule has 0 saturated heterocycles. The van der Waals surface area contributed by atoms with Gasteiger partial charge in [-0.3, -0.25) is 0 Å². The van der Waals surface area contributed by atoms with Crippen molar-refractivity contribution >= 4 is 27.8 Å². The first-order valence-corrected chi connectivity index (χ1v) is 11.7. The van der Waals surface area contributed by atoms with Crippen LogP contribution in [0, 0.1) is 11.8 Å². The predicted octanol–water partition coefficient (Wildman–Crippen LogP) is 5.78. The molecule has 2 fully saturated rings. The van der Waals surface area contributed by atoms with Crippen LogP contribution in [0.25, 0.3) is 21.9 Å². The topological polar surface area (TPSA) is 55.6 Å². The first-order chi connectivity index (χ1) is 15.3. The van der Waals surface area contributed by atoms with Gasteiger partial charge in [-0.2, -0.15) is 0 Å². The van der Waals surface area contributed by atoms with Crippen LogP contribution in [0.1, 0.15) is 50.1 Å². The molecule has 2 aliphatic carbocycles. The van der Waals surface area contributed by atoms with E-state index in [-0.39, 0.29) is 0 Å². The Labute approximate surface area is 182 Å². The molecular weight excluding hydrogens is 382 g/mol. The Morgan fingerprint density at radius 2 is 1.87 bits per heavy atom. The summed E-state index contributed by atoms with van der Waals surface area (Å²) in [5, 5.41) is 5.87. The van der Waals surface area contributed by atoms with Crippen LogP contribution < -0.4 is 5.32 Å². The molecule has 0 bridgehead atoms. The Bertz CT molecular complexity index is 1210. The number of aromatic nitrogens is 4. The van der Waals surface area contributed by atoms with Crippen molar-refractivity contribution in [3.8, 4) is 0 Å². The Morgan fingerprint density at radius 1 is 0.968 bits per heavy atom. The van der Waals surface area contributed by atoms with E-state index < -0.39 is 0 Å². The van der Waals surface area contributed by atoms with Crippen molar-refractivity contribution in [3.63, 3.8) is 0 Å². The van der Waals surface area contributed by atoms with Gasteiger partial charge in [-0.15, -0.1) is 0 Å². The number of fused-ring (bicyclic) bond motifs is 2. The molecule has 5 heteroatoms. The summed E-state index contributed by atoms with van der Waals surface area (Å²) >= 11 is 0. The van der Waals surface area contributed by atoms with Gasteiger partial charge >= 0.3 is 0 Å². The van der Waals surface area contributed by atoms with Crippen LogP contribution >= 0.6 is 0 Å². The summed E-state index contributed by atoms with van der Waals surface area (Å²) in [4.78, 5) is 13.5. The highest BCUT2D eigenvalue weighted by atomic mass is 15.1. The van der Waals surface area contributed by atoms with E-state index in [1.54, 1.807) is 6.33 Å². The van der Waals surface area contributed by atoms with Crippen LogP contribution in [-0.4, -0.2) is 26.1 Å². The van der Waals surface area contributed by atoms with Gasteiger partial charge in [0.05, 0.1) is 5.52 Å². The van der Waals surface area contributed by atoms with Crippen molar-refractivity contribution in [3.05, 3.63) is 60.7 Å². The molecule has 0 aliphatic heterocycles. The number of pyridine rings is 1. The van der Waals surface area contributed by atoms with E-state index in [1.165, 1.54) is 49.5 Å². The molecule has 3 heterocycles. The second-order valence-electron chi connectivity index (χ2n) is 9.44. The highest BCUT2D eigenvalue weighted by molar-refractivity contribution is 5.81. The first kappa shape index (κ1) is 18.8. The van der Waals surface area contributed by atoms with Crippen molar-refractivity contribution in [2.24, 2.45) is 11.8 Å². The Morgan fingerprint density at radius 3 is 2.81 bits per heavy atom. The number of hydrogen-bond acceptors (Lipinski definition) is 4. The van der Waals surface area contributed by atoms with Crippen LogP contribution in [0.4, 0.5) is 5.82 Å². The minimum atomic E-state index is 0.566. The van der Waals surface area contributed by atoms with Crippen molar-refractivity contribution in [2.45, 2.75) is 51.0 Å². The molecule has 0 spiro atoms. The summed E-state index contributed by atoms with van der Waals surface area (Å²) in [6.45, 7) is 1.06. The van der Waals surface area contributed by atoms with Gasteiger partial charge in [0.15, 0.2) is 0 Å². The Kier molecular flexibility index (Phi) is 4.82. The molecule has 6 rings (SSSR count). The van der Waals surface area contributed by atoms with E-state index in [1.807, 2.05) is 6.20 Å². The SMILES string of the molecule is c1ncc2ccn(C3CCC(CCc4ccc5ccc(NCC6CC6)nc5c4)C3)c2n1. The molecule has 31 heavy (non-hydrogen) atoms.